The maximum absolute atomic E-state index is 13.7. The molecule has 0 unspecified atom stereocenters. The van der Waals surface area contributed by atoms with Gasteiger partial charge in [-0.1, -0.05) is 50.6 Å². The summed E-state index contributed by atoms with van der Waals surface area (Å²) in [6, 6.07) is 14.0. The monoisotopic (exact) mass is 496 g/mol. The molecule has 1 N–H and O–H groups in total. The maximum Gasteiger partial charge on any atom is 0.334 e. The summed E-state index contributed by atoms with van der Waals surface area (Å²) in [6.07, 6.45) is 9.79. The average molecular weight is 497 g/mol. The van der Waals surface area contributed by atoms with Crippen molar-refractivity contribution in [3.05, 3.63) is 88.4 Å². The van der Waals surface area contributed by atoms with Crippen LogP contribution in [0.15, 0.2) is 65.8 Å². The number of benzene rings is 1. The zero-order valence-electron chi connectivity index (χ0n) is 21.6. The lowest BCUT2D eigenvalue weighted by atomic mass is 10.0. The maximum atomic E-state index is 13.7. The number of nitrogens with one attached hydrogen (secondary N) is 1. The first kappa shape index (κ1) is 24.4. The topological polar surface area (TPSA) is 99.2 Å². The van der Waals surface area contributed by atoms with E-state index in [1.807, 2.05) is 57.9 Å². The van der Waals surface area contributed by atoms with Crippen LogP contribution in [0.25, 0.3) is 28.5 Å². The second kappa shape index (κ2) is 10.8. The molecule has 9 nitrogen and oxygen atoms in total. The molecule has 0 aliphatic rings. The molecular formula is C28H32N8O. The second-order valence-corrected chi connectivity index (χ2v) is 9.11. The smallest absolute Gasteiger partial charge is 0.334 e. The third kappa shape index (κ3) is 4.76. The summed E-state index contributed by atoms with van der Waals surface area (Å²) in [6.45, 7) is 7.69. The molecule has 0 spiro atoms. The summed E-state index contributed by atoms with van der Waals surface area (Å²) in [5.74, 6) is 1.57. The van der Waals surface area contributed by atoms with Gasteiger partial charge in [0.2, 0.25) is 0 Å². The highest BCUT2D eigenvalue weighted by atomic mass is 16.1. The van der Waals surface area contributed by atoms with Crippen LogP contribution in [0.1, 0.15) is 50.4 Å². The van der Waals surface area contributed by atoms with Crippen LogP contribution in [0.3, 0.4) is 0 Å². The van der Waals surface area contributed by atoms with Gasteiger partial charge in [-0.2, -0.15) is 0 Å². The van der Waals surface area contributed by atoms with Crippen molar-refractivity contribution in [2.45, 2.75) is 59.5 Å². The lowest BCUT2D eigenvalue weighted by Crippen LogP contribution is -2.26. The Labute approximate surface area is 215 Å². The van der Waals surface area contributed by atoms with Crippen LogP contribution < -0.4 is 5.69 Å². The van der Waals surface area contributed by atoms with Crippen LogP contribution in [0.5, 0.6) is 0 Å². The zero-order valence-corrected chi connectivity index (χ0v) is 21.6. The number of nitrogens with zero attached hydrogens (tertiary/aromatic N) is 7. The molecule has 0 aliphatic heterocycles. The molecule has 9 heteroatoms. The number of hydrogen-bond donors (Lipinski definition) is 1. The lowest BCUT2D eigenvalue weighted by Gasteiger charge is -2.10. The molecule has 0 radical (unpaired) electrons. The van der Waals surface area contributed by atoms with Crippen LogP contribution in [-0.2, 0) is 25.9 Å². The molecule has 0 aliphatic carbocycles. The minimum Gasteiger partial charge on any atom is -0.334 e. The molecule has 190 valence electrons. The fourth-order valence-electron chi connectivity index (χ4n) is 4.79. The predicted molar refractivity (Wildman–Crippen MR) is 144 cm³/mol. The van der Waals surface area contributed by atoms with Gasteiger partial charge in [-0.05, 0) is 59.9 Å². The van der Waals surface area contributed by atoms with E-state index in [2.05, 4.69) is 58.2 Å². The van der Waals surface area contributed by atoms with Gasteiger partial charge in [-0.15, -0.1) is 5.10 Å². The molecule has 37 heavy (non-hydrogen) atoms. The summed E-state index contributed by atoms with van der Waals surface area (Å²) >= 11 is 0. The van der Waals surface area contributed by atoms with Gasteiger partial charge in [-0.3, -0.25) is 14.1 Å². The molecule has 4 heterocycles. The summed E-state index contributed by atoms with van der Waals surface area (Å²) in [7, 11) is 0. The summed E-state index contributed by atoms with van der Waals surface area (Å²) in [5, 5.41) is 14.3. The molecular weight excluding hydrogens is 464 g/mol. The number of aromatic nitrogens is 8. The van der Waals surface area contributed by atoms with Gasteiger partial charge in [0.15, 0.2) is 5.82 Å². The van der Waals surface area contributed by atoms with E-state index in [1.165, 1.54) is 5.56 Å². The van der Waals surface area contributed by atoms with Crippen molar-refractivity contribution in [2.24, 2.45) is 0 Å². The molecule has 1 aromatic carbocycles. The van der Waals surface area contributed by atoms with Crippen molar-refractivity contribution in [1.82, 2.24) is 39.3 Å². The van der Waals surface area contributed by atoms with Crippen molar-refractivity contribution in [3.63, 3.8) is 0 Å². The minimum atomic E-state index is -0.0126. The molecule has 5 rings (SSSR count). The molecule has 0 amide bonds. The van der Waals surface area contributed by atoms with Crippen molar-refractivity contribution in [2.75, 3.05) is 0 Å². The Kier molecular flexibility index (Phi) is 7.11. The number of hydrogen-bond acceptors (Lipinski definition) is 5. The Morgan fingerprint density at radius 3 is 2.51 bits per heavy atom. The van der Waals surface area contributed by atoms with Crippen LogP contribution in [0, 0.1) is 0 Å². The summed E-state index contributed by atoms with van der Waals surface area (Å²) in [5.41, 5.74) is 5.82. The number of unbranched alkanes of at least 4 members (excludes halogenated alkanes) is 1. The predicted octanol–water partition coefficient (Wildman–Crippen LogP) is 4.66. The number of tetrazole rings is 1. The van der Waals surface area contributed by atoms with E-state index in [9.17, 15) is 4.79 Å². The van der Waals surface area contributed by atoms with E-state index in [0.29, 0.717) is 12.4 Å². The number of pyridine rings is 1. The third-order valence-corrected chi connectivity index (χ3v) is 6.78. The minimum absolute atomic E-state index is 0.0126. The van der Waals surface area contributed by atoms with Gasteiger partial charge in [0.1, 0.15) is 5.82 Å². The summed E-state index contributed by atoms with van der Waals surface area (Å²) < 4.78 is 5.87. The molecule has 0 atom stereocenters. The van der Waals surface area contributed by atoms with Gasteiger partial charge >= 0.3 is 5.69 Å². The molecule has 0 saturated heterocycles. The Morgan fingerprint density at radius 2 is 1.84 bits per heavy atom. The van der Waals surface area contributed by atoms with Gasteiger partial charge in [0.25, 0.3) is 0 Å². The number of imidazole rings is 1. The Hall–Kier alpha value is -4.27. The molecule has 4 aromatic heterocycles. The fraction of sp³-hybridized carbons (Fsp3) is 0.321. The standard InChI is InChI=1S/C28H32N8O/c1-4-7-10-22-19-36(27-21(5-2)15-16-34(27)6-3)28(37)35(22)18-20-13-14-25(29-17-20)23-11-8-9-12-24(23)26-30-32-33-31-26/h8-9,11-17,19H,4-7,10,18H2,1-3H3,(H,30,31,32,33). The highest BCUT2D eigenvalue weighted by Gasteiger charge is 2.18. The fourth-order valence-corrected chi connectivity index (χ4v) is 4.79. The third-order valence-electron chi connectivity index (χ3n) is 6.78. The highest BCUT2D eigenvalue weighted by molar-refractivity contribution is 5.78. The van der Waals surface area contributed by atoms with Gasteiger partial charge in [0.05, 0.1) is 12.2 Å². The van der Waals surface area contributed by atoms with E-state index in [4.69, 9.17) is 4.98 Å². The first-order chi connectivity index (χ1) is 18.1. The summed E-state index contributed by atoms with van der Waals surface area (Å²) in [4.78, 5) is 18.5. The number of rotatable bonds is 10. The van der Waals surface area contributed by atoms with Crippen molar-refractivity contribution >= 4 is 0 Å². The van der Waals surface area contributed by atoms with Crippen LogP contribution >= 0.6 is 0 Å². The normalized spacial score (nSPS) is 11.3. The first-order valence-corrected chi connectivity index (χ1v) is 12.9. The van der Waals surface area contributed by atoms with Crippen LogP contribution in [0.4, 0.5) is 0 Å². The van der Waals surface area contributed by atoms with Gasteiger partial charge < -0.3 is 4.57 Å². The van der Waals surface area contributed by atoms with Crippen molar-refractivity contribution < 1.29 is 0 Å². The Balaban J connectivity index is 1.49. The number of H-pyrrole nitrogens is 1. The Bertz CT molecular complexity index is 1500. The lowest BCUT2D eigenvalue weighted by molar-refractivity contribution is 0.663. The van der Waals surface area contributed by atoms with E-state index in [-0.39, 0.29) is 5.69 Å². The van der Waals surface area contributed by atoms with E-state index < -0.39 is 0 Å². The molecule has 5 aromatic rings. The quantitative estimate of drug-likeness (QED) is 0.303. The number of aryl methyl sites for hydroxylation is 3. The van der Waals surface area contributed by atoms with E-state index in [1.54, 1.807) is 0 Å². The molecule has 0 saturated carbocycles. The van der Waals surface area contributed by atoms with Gasteiger partial charge in [-0.25, -0.2) is 9.89 Å². The highest BCUT2D eigenvalue weighted by Crippen LogP contribution is 2.28. The van der Waals surface area contributed by atoms with Crippen LogP contribution in [-0.4, -0.2) is 39.3 Å². The number of aromatic amines is 1. The van der Waals surface area contributed by atoms with Gasteiger partial charge in [0, 0.05) is 42.0 Å². The van der Waals surface area contributed by atoms with E-state index >= 15 is 0 Å². The second-order valence-electron chi connectivity index (χ2n) is 9.11. The average Bonchev–Trinajstić information content (AvgIpc) is 3.68. The van der Waals surface area contributed by atoms with Crippen molar-refractivity contribution in [1.29, 1.82) is 0 Å². The zero-order chi connectivity index (χ0) is 25.8. The van der Waals surface area contributed by atoms with Crippen LogP contribution in [0.2, 0.25) is 0 Å². The Morgan fingerprint density at radius 1 is 1.00 bits per heavy atom. The molecule has 0 bridgehead atoms. The SMILES string of the molecule is CCCCc1cn(-c2c(CC)ccn2CC)c(=O)n1Cc1ccc(-c2ccccc2-c2nnn[nH]2)nc1. The largest absolute Gasteiger partial charge is 0.334 e. The first-order valence-electron chi connectivity index (χ1n) is 12.9. The van der Waals surface area contributed by atoms with E-state index in [0.717, 1.165) is 66.1 Å². The van der Waals surface area contributed by atoms with Crippen molar-refractivity contribution in [3.8, 4) is 28.5 Å². The molecule has 0 fully saturated rings.